The number of carbonyl (C=O) groups excluding carboxylic acids is 1. The summed E-state index contributed by atoms with van der Waals surface area (Å²) in [5.74, 6) is 0.0436. The van der Waals surface area contributed by atoms with E-state index in [0.29, 0.717) is 13.0 Å². The Morgan fingerprint density at radius 1 is 1.00 bits per heavy atom. The molecule has 33 heavy (non-hydrogen) atoms. The summed E-state index contributed by atoms with van der Waals surface area (Å²) >= 11 is 0. The molecule has 0 radical (unpaired) electrons. The normalized spacial score (nSPS) is 11.2. The van der Waals surface area contributed by atoms with Crippen LogP contribution in [0.5, 0.6) is 0 Å². The summed E-state index contributed by atoms with van der Waals surface area (Å²) in [6.45, 7) is 2.56. The first kappa shape index (κ1) is 20.9. The molecule has 3 heterocycles. The van der Waals surface area contributed by atoms with Crippen molar-refractivity contribution in [2.45, 2.75) is 32.7 Å². The number of H-pyrrole nitrogens is 1. The van der Waals surface area contributed by atoms with E-state index in [1.807, 2.05) is 36.4 Å². The molecule has 3 aromatic heterocycles. The van der Waals surface area contributed by atoms with Crippen LogP contribution in [0.15, 0.2) is 79.0 Å². The average molecular weight is 435 g/mol. The predicted molar refractivity (Wildman–Crippen MR) is 133 cm³/mol. The van der Waals surface area contributed by atoms with Gasteiger partial charge in [0.15, 0.2) is 0 Å². The van der Waals surface area contributed by atoms with Gasteiger partial charge in [0.25, 0.3) is 0 Å². The lowest BCUT2D eigenvalue weighted by Crippen LogP contribution is -2.23. The number of pyridine rings is 2. The van der Waals surface area contributed by atoms with E-state index in [0.717, 1.165) is 46.3 Å². The standard InChI is InChI=1S/C28H26N4O/c1-19-12-14-25-23(17-19)22(9-6-11-27(33)30-18-21-8-4-5-16-29-21)28(32-25)26-15-13-20-7-2-3-10-24(20)31-26/h2-5,7-8,10,12-17,32H,6,9,11,18H2,1H3,(H,30,33). The molecule has 164 valence electrons. The van der Waals surface area contributed by atoms with Crippen LogP contribution in [0.4, 0.5) is 0 Å². The molecule has 0 aliphatic rings. The molecule has 0 saturated carbocycles. The Kier molecular flexibility index (Phi) is 5.85. The van der Waals surface area contributed by atoms with Crippen molar-refractivity contribution in [3.05, 3.63) is 95.8 Å². The summed E-state index contributed by atoms with van der Waals surface area (Å²) in [7, 11) is 0. The van der Waals surface area contributed by atoms with E-state index >= 15 is 0 Å². The molecular weight excluding hydrogens is 408 g/mol. The maximum absolute atomic E-state index is 12.4. The van der Waals surface area contributed by atoms with Gasteiger partial charge >= 0.3 is 0 Å². The largest absolute Gasteiger partial charge is 0.353 e. The van der Waals surface area contributed by atoms with Crippen molar-refractivity contribution in [1.29, 1.82) is 0 Å². The lowest BCUT2D eigenvalue weighted by atomic mass is 10.0. The highest BCUT2D eigenvalue weighted by Crippen LogP contribution is 2.32. The van der Waals surface area contributed by atoms with Gasteiger partial charge in [-0.3, -0.25) is 9.78 Å². The van der Waals surface area contributed by atoms with Gasteiger partial charge < -0.3 is 10.3 Å². The van der Waals surface area contributed by atoms with E-state index in [2.05, 4.69) is 58.6 Å². The van der Waals surface area contributed by atoms with Crippen LogP contribution in [0.1, 0.15) is 29.7 Å². The summed E-state index contributed by atoms with van der Waals surface area (Å²) in [4.78, 5) is 25.2. The molecule has 5 rings (SSSR count). The van der Waals surface area contributed by atoms with Crippen LogP contribution in [0, 0.1) is 6.92 Å². The van der Waals surface area contributed by atoms with Crippen LogP contribution in [0.2, 0.25) is 0 Å². The lowest BCUT2D eigenvalue weighted by molar-refractivity contribution is -0.121. The number of aromatic amines is 1. The fourth-order valence-electron chi connectivity index (χ4n) is 4.25. The van der Waals surface area contributed by atoms with Crippen molar-refractivity contribution >= 4 is 27.7 Å². The Balaban J connectivity index is 1.37. The number of nitrogens with one attached hydrogen (secondary N) is 2. The summed E-state index contributed by atoms with van der Waals surface area (Å²) < 4.78 is 0. The Hall–Kier alpha value is -3.99. The molecule has 0 unspecified atom stereocenters. The fourth-order valence-corrected chi connectivity index (χ4v) is 4.25. The number of hydrogen-bond acceptors (Lipinski definition) is 3. The summed E-state index contributed by atoms with van der Waals surface area (Å²) in [6, 6.07) is 24.5. The van der Waals surface area contributed by atoms with Crippen molar-refractivity contribution in [3.8, 4) is 11.4 Å². The summed E-state index contributed by atoms with van der Waals surface area (Å²) in [5, 5.41) is 5.30. The zero-order valence-corrected chi connectivity index (χ0v) is 18.6. The van der Waals surface area contributed by atoms with Gasteiger partial charge in [0.05, 0.1) is 29.1 Å². The van der Waals surface area contributed by atoms with Crippen LogP contribution in [0.25, 0.3) is 33.2 Å². The number of nitrogens with zero attached hydrogens (tertiary/aromatic N) is 2. The predicted octanol–water partition coefficient (Wildman–Crippen LogP) is 5.73. The maximum Gasteiger partial charge on any atom is 0.220 e. The first-order chi connectivity index (χ1) is 16.2. The van der Waals surface area contributed by atoms with Crippen LogP contribution in [-0.4, -0.2) is 20.9 Å². The topological polar surface area (TPSA) is 70.7 Å². The molecule has 0 bridgehead atoms. The zero-order valence-electron chi connectivity index (χ0n) is 18.6. The van der Waals surface area contributed by atoms with Crippen LogP contribution < -0.4 is 5.32 Å². The first-order valence-corrected chi connectivity index (χ1v) is 11.3. The number of aromatic nitrogens is 3. The van der Waals surface area contributed by atoms with Gasteiger partial charge in [-0.25, -0.2) is 4.98 Å². The zero-order chi connectivity index (χ0) is 22.6. The number of fused-ring (bicyclic) bond motifs is 2. The van der Waals surface area contributed by atoms with Gasteiger partial charge in [-0.1, -0.05) is 42.0 Å². The van der Waals surface area contributed by atoms with Gasteiger partial charge in [-0.15, -0.1) is 0 Å². The Morgan fingerprint density at radius 2 is 1.88 bits per heavy atom. The quantitative estimate of drug-likeness (QED) is 0.344. The minimum absolute atomic E-state index is 0.0436. The van der Waals surface area contributed by atoms with Crippen molar-refractivity contribution in [2.24, 2.45) is 0 Å². The molecule has 0 atom stereocenters. The number of hydrogen-bond donors (Lipinski definition) is 2. The van der Waals surface area contributed by atoms with E-state index < -0.39 is 0 Å². The van der Waals surface area contributed by atoms with E-state index in [9.17, 15) is 4.79 Å². The van der Waals surface area contributed by atoms with Gasteiger partial charge in [-0.2, -0.15) is 0 Å². The Morgan fingerprint density at radius 3 is 2.76 bits per heavy atom. The Labute approximate surface area is 192 Å². The molecular formula is C28H26N4O. The van der Waals surface area contributed by atoms with Gasteiger partial charge in [0, 0.05) is 28.9 Å². The maximum atomic E-state index is 12.4. The van der Waals surface area contributed by atoms with E-state index in [-0.39, 0.29) is 5.91 Å². The fraction of sp³-hybridized carbons (Fsp3) is 0.179. The lowest BCUT2D eigenvalue weighted by Gasteiger charge is -2.08. The van der Waals surface area contributed by atoms with E-state index in [4.69, 9.17) is 4.98 Å². The molecule has 5 heteroatoms. The highest BCUT2D eigenvalue weighted by atomic mass is 16.1. The third-order valence-electron chi connectivity index (χ3n) is 5.94. The second-order valence-electron chi connectivity index (χ2n) is 8.37. The van der Waals surface area contributed by atoms with E-state index in [1.54, 1.807) is 6.20 Å². The second-order valence-corrected chi connectivity index (χ2v) is 8.37. The minimum Gasteiger partial charge on any atom is -0.353 e. The van der Waals surface area contributed by atoms with Crippen molar-refractivity contribution in [3.63, 3.8) is 0 Å². The number of benzene rings is 2. The first-order valence-electron chi connectivity index (χ1n) is 11.3. The van der Waals surface area contributed by atoms with Crippen LogP contribution >= 0.6 is 0 Å². The smallest absolute Gasteiger partial charge is 0.220 e. The van der Waals surface area contributed by atoms with Gasteiger partial charge in [-0.05, 0) is 61.7 Å². The summed E-state index contributed by atoms with van der Waals surface area (Å²) in [6.07, 6.45) is 3.76. The SMILES string of the molecule is Cc1ccc2[nH]c(-c3ccc4ccccc4n3)c(CCCC(=O)NCc3ccccn3)c2c1. The third-order valence-corrected chi connectivity index (χ3v) is 5.94. The number of para-hydroxylation sites is 1. The van der Waals surface area contributed by atoms with Crippen molar-refractivity contribution in [2.75, 3.05) is 0 Å². The Bertz CT molecular complexity index is 1420. The number of amides is 1. The molecule has 0 aliphatic heterocycles. The number of aryl methyl sites for hydroxylation is 2. The molecule has 0 aliphatic carbocycles. The molecule has 2 N–H and O–H groups in total. The number of carbonyl (C=O) groups is 1. The highest BCUT2D eigenvalue weighted by molar-refractivity contribution is 5.92. The highest BCUT2D eigenvalue weighted by Gasteiger charge is 2.15. The van der Waals surface area contributed by atoms with Crippen molar-refractivity contribution < 1.29 is 4.79 Å². The minimum atomic E-state index is 0.0436. The monoisotopic (exact) mass is 434 g/mol. The van der Waals surface area contributed by atoms with Gasteiger partial charge in [0.2, 0.25) is 5.91 Å². The molecule has 0 fully saturated rings. The molecule has 2 aromatic carbocycles. The molecule has 0 spiro atoms. The molecule has 1 amide bonds. The second kappa shape index (κ2) is 9.25. The summed E-state index contributed by atoms with van der Waals surface area (Å²) in [5.41, 5.74) is 7.34. The van der Waals surface area contributed by atoms with Crippen LogP contribution in [-0.2, 0) is 17.8 Å². The molecule has 0 saturated heterocycles. The van der Waals surface area contributed by atoms with E-state index in [1.165, 1.54) is 16.5 Å². The third kappa shape index (κ3) is 4.62. The molecule has 5 aromatic rings. The van der Waals surface area contributed by atoms with Crippen molar-refractivity contribution in [1.82, 2.24) is 20.3 Å². The van der Waals surface area contributed by atoms with Crippen LogP contribution in [0.3, 0.4) is 0 Å². The average Bonchev–Trinajstić information content (AvgIpc) is 3.20. The molecule has 5 nitrogen and oxygen atoms in total. The van der Waals surface area contributed by atoms with Gasteiger partial charge in [0.1, 0.15) is 0 Å². The number of rotatable bonds is 7.